The van der Waals surface area contributed by atoms with Crippen LogP contribution in [-0.2, 0) is 6.54 Å². The van der Waals surface area contributed by atoms with Crippen molar-refractivity contribution in [1.29, 1.82) is 0 Å². The Morgan fingerprint density at radius 3 is 2.10 bits per heavy atom. The Kier molecular flexibility index (Phi) is 5.33. The quantitative estimate of drug-likeness (QED) is 0.850. The molecule has 1 N–H and O–H groups in total. The van der Waals surface area contributed by atoms with E-state index in [1.807, 2.05) is 36.4 Å². The molecule has 0 saturated heterocycles. The molecular weight excluding hydrogens is 334 g/mol. The van der Waals surface area contributed by atoms with Gasteiger partial charge in [0.15, 0.2) is 0 Å². The monoisotopic (exact) mass is 351 g/mol. The minimum Gasteiger partial charge on any atom is -0.496 e. The van der Waals surface area contributed by atoms with Crippen molar-refractivity contribution in [3.05, 3.63) is 46.4 Å². The van der Waals surface area contributed by atoms with Crippen LogP contribution in [0.2, 0.25) is 0 Å². The van der Waals surface area contributed by atoms with Gasteiger partial charge < -0.3 is 19.5 Å². The number of hydrogen-bond donors (Lipinski definition) is 1. The number of rotatable bonds is 6. The zero-order valence-corrected chi connectivity index (χ0v) is 13.9. The largest absolute Gasteiger partial charge is 0.496 e. The van der Waals surface area contributed by atoms with Crippen molar-refractivity contribution in [2.75, 3.05) is 26.6 Å². The summed E-state index contributed by atoms with van der Waals surface area (Å²) in [5, 5.41) is 3.37. The molecule has 0 aliphatic heterocycles. The van der Waals surface area contributed by atoms with Gasteiger partial charge in [-0.05, 0) is 28.1 Å². The molecule has 5 heteroatoms. The number of hydrogen-bond acceptors (Lipinski definition) is 4. The van der Waals surface area contributed by atoms with Crippen LogP contribution in [0.1, 0.15) is 5.56 Å². The Hall–Kier alpha value is -1.88. The van der Waals surface area contributed by atoms with Crippen LogP contribution in [0.5, 0.6) is 17.2 Å². The lowest BCUT2D eigenvalue weighted by Gasteiger charge is -2.16. The average molecular weight is 352 g/mol. The van der Waals surface area contributed by atoms with Gasteiger partial charge in [0.2, 0.25) is 0 Å². The fraction of sp³-hybridized carbons (Fsp3) is 0.250. The molecule has 0 radical (unpaired) electrons. The van der Waals surface area contributed by atoms with Crippen LogP contribution in [0.15, 0.2) is 40.9 Å². The summed E-state index contributed by atoms with van der Waals surface area (Å²) >= 11 is 3.52. The molecule has 2 aromatic rings. The highest BCUT2D eigenvalue weighted by Crippen LogP contribution is 2.35. The minimum absolute atomic E-state index is 0.582. The number of methoxy groups -OCH3 is 3. The molecule has 0 saturated carbocycles. The zero-order chi connectivity index (χ0) is 15.2. The van der Waals surface area contributed by atoms with Gasteiger partial charge >= 0.3 is 0 Å². The second-order valence-electron chi connectivity index (χ2n) is 4.34. The minimum atomic E-state index is 0.582. The summed E-state index contributed by atoms with van der Waals surface area (Å²) in [4.78, 5) is 0. The van der Waals surface area contributed by atoms with E-state index in [-0.39, 0.29) is 0 Å². The van der Waals surface area contributed by atoms with Crippen molar-refractivity contribution in [2.45, 2.75) is 6.54 Å². The molecule has 2 rings (SSSR count). The molecule has 112 valence electrons. The maximum Gasteiger partial charge on any atom is 0.131 e. The molecule has 0 aliphatic carbocycles. The Bertz CT molecular complexity index is 591. The highest BCUT2D eigenvalue weighted by atomic mass is 79.9. The lowest BCUT2D eigenvalue weighted by Crippen LogP contribution is -2.05. The van der Waals surface area contributed by atoms with E-state index >= 15 is 0 Å². The van der Waals surface area contributed by atoms with E-state index in [9.17, 15) is 0 Å². The Labute approximate surface area is 133 Å². The summed E-state index contributed by atoms with van der Waals surface area (Å²) in [6.45, 7) is 0.582. The smallest absolute Gasteiger partial charge is 0.131 e. The fourth-order valence-electron chi connectivity index (χ4n) is 2.04. The van der Waals surface area contributed by atoms with Crippen molar-refractivity contribution < 1.29 is 14.2 Å². The van der Waals surface area contributed by atoms with E-state index in [0.717, 1.165) is 27.2 Å². The Balaban J connectivity index is 2.28. The van der Waals surface area contributed by atoms with Gasteiger partial charge in [-0.25, -0.2) is 0 Å². The molecule has 0 bridgehead atoms. The van der Waals surface area contributed by atoms with Gasteiger partial charge in [-0.1, -0.05) is 12.1 Å². The SMILES string of the molecule is COc1cc(OC)c(CNc2ccccc2Br)c(OC)c1. The number of anilines is 1. The van der Waals surface area contributed by atoms with E-state index in [2.05, 4.69) is 21.2 Å². The summed E-state index contributed by atoms with van der Waals surface area (Å²) in [6.07, 6.45) is 0. The van der Waals surface area contributed by atoms with Crippen LogP contribution in [0.3, 0.4) is 0 Å². The molecule has 2 aromatic carbocycles. The van der Waals surface area contributed by atoms with E-state index in [4.69, 9.17) is 14.2 Å². The molecular formula is C16H18BrNO3. The maximum atomic E-state index is 5.44. The van der Waals surface area contributed by atoms with Gasteiger partial charge in [0.25, 0.3) is 0 Å². The number of nitrogens with one attached hydrogen (secondary N) is 1. The lowest BCUT2D eigenvalue weighted by atomic mass is 10.1. The van der Waals surface area contributed by atoms with E-state index in [1.165, 1.54) is 0 Å². The molecule has 0 aromatic heterocycles. The van der Waals surface area contributed by atoms with Crippen LogP contribution in [0, 0.1) is 0 Å². The lowest BCUT2D eigenvalue weighted by molar-refractivity contribution is 0.369. The first-order chi connectivity index (χ1) is 10.2. The molecule has 0 atom stereocenters. The standard InChI is InChI=1S/C16H18BrNO3/c1-19-11-8-15(20-2)12(16(9-11)21-3)10-18-14-7-5-4-6-13(14)17/h4-9,18H,10H2,1-3H3. The molecule has 21 heavy (non-hydrogen) atoms. The van der Waals surface area contributed by atoms with Crippen molar-refractivity contribution >= 4 is 21.6 Å². The van der Waals surface area contributed by atoms with E-state index < -0.39 is 0 Å². The summed E-state index contributed by atoms with van der Waals surface area (Å²) < 4.78 is 17.1. The van der Waals surface area contributed by atoms with Crippen molar-refractivity contribution in [2.24, 2.45) is 0 Å². The van der Waals surface area contributed by atoms with Crippen LogP contribution >= 0.6 is 15.9 Å². The third-order valence-corrected chi connectivity index (χ3v) is 3.84. The van der Waals surface area contributed by atoms with Crippen LogP contribution in [0.25, 0.3) is 0 Å². The van der Waals surface area contributed by atoms with Crippen molar-refractivity contribution in [3.63, 3.8) is 0 Å². The van der Waals surface area contributed by atoms with Crippen molar-refractivity contribution in [1.82, 2.24) is 0 Å². The summed E-state index contributed by atoms with van der Waals surface area (Å²) in [7, 11) is 4.89. The van der Waals surface area contributed by atoms with Crippen LogP contribution in [0.4, 0.5) is 5.69 Å². The summed E-state index contributed by atoms with van der Waals surface area (Å²) in [5.74, 6) is 2.16. The predicted octanol–water partition coefficient (Wildman–Crippen LogP) is 4.09. The van der Waals surface area contributed by atoms with Gasteiger partial charge in [0.1, 0.15) is 17.2 Å². The van der Waals surface area contributed by atoms with Gasteiger partial charge in [-0.15, -0.1) is 0 Å². The number of halogens is 1. The molecule has 0 aliphatic rings. The van der Waals surface area contributed by atoms with Gasteiger partial charge in [0, 0.05) is 28.8 Å². The molecule has 0 fully saturated rings. The zero-order valence-electron chi connectivity index (χ0n) is 12.3. The van der Waals surface area contributed by atoms with Crippen molar-refractivity contribution in [3.8, 4) is 17.2 Å². The van der Waals surface area contributed by atoms with Crippen LogP contribution in [-0.4, -0.2) is 21.3 Å². The molecule has 0 unspecified atom stereocenters. The Morgan fingerprint density at radius 1 is 0.952 bits per heavy atom. The second-order valence-corrected chi connectivity index (χ2v) is 5.20. The third-order valence-electron chi connectivity index (χ3n) is 3.15. The summed E-state index contributed by atoms with van der Waals surface area (Å²) in [6, 6.07) is 11.6. The second kappa shape index (κ2) is 7.22. The molecule has 0 amide bonds. The normalized spacial score (nSPS) is 10.1. The average Bonchev–Trinajstić information content (AvgIpc) is 2.53. The Morgan fingerprint density at radius 2 is 1.57 bits per heavy atom. The third kappa shape index (κ3) is 3.61. The highest BCUT2D eigenvalue weighted by Gasteiger charge is 2.13. The van der Waals surface area contributed by atoms with Gasteiger partial charge in [-0.2, -0.15) is 0 Å². The van der Waals surface area contributed by atoms with E-state index in [0.29, 0.717) is 12.3 Å². The topological polar surface area (TPSA) is 39.7 Å². The maximum absolute atomic E-state index is 5.44. The molecule has 4 nitrogen and oxygen atoms in total. The predicted molar refractivity (Wildman–Crippen MR) is 87.6 cm³/mol. The first-order valence-corrected chi connectivity index (χ1v) is 7.26. The number of ether oxygens (including phenoxy) is 3. The van der Waals surface area contributed by atoms with Gasteiger partial charge in [-0.3, -0.25) is 0 Å². The number of para-hydroxylation sites is 1. The fourth-order valence-corrected chi connectivity index (χ4v) is 2.47. The highest BCUT2D eigenvalue weighted by molar-refractivity contribution is 9.10. The summed E-state index contributed by atoms with van der Waals surface area (Å²) in [5.41, 5.74) is 1.95. The first-order valence-electron chi connectivity index (χ1n) is 6.47. The molecule has 0 heterocycles. The van der Waals surface area contributed by atoms with E-state index in [1.54, 1.807) is 21.3 Å². The molecule has 0 spiro atoms. The van der Waals surface area contributed by atoms with Crippen LogP contribution < -0.4 is 19.5 Å². The van der Waals surface area contributed by atoms with Gasteiger partial charge in [0.05, 0.1) is 26.9 Å². The first kappa shape index (κ1) is 15.5. The number of benzene rings is 2.